The van der Waals surface area contributed by atoms with Gasteiger partial charge in [0.05, 0.1) is 12.7 Å². The molecule has 1 aliphatic heterocycles. The average Bonchev–Trinajstić information content (AvgIpc) is 2.38. The lowest BCUT2D eigenvalue weighted by atomic mass is 9.84. The molecule has 1 N–H and O–H groups in total. The predicted molar refractivity (Wildman–Crippen MR) is 64.3 cm³/mol. The summed E-state index contributed by atoms with van der Waals surface area (Å²) in [5, 5.41) is 3.64. The van der Waals surface area contributed by atoms with Crippen molar-refractivity contribution in [2.24, 2.45) is 5.92 Å². The first-order valence-corrected chi connectivity index (χ1v) is 6.79. The smallest absolute Gasteiger partial charge is 0.147 e. The predicted octanol–water partition coefficient (Wildman–Crippen LogP) is 2.31. The minimum Gasteiger partial charge on any atom is -0.355 e. The van der Waals surface area contributed by atoms with E-state index in [2.05, 4.69) is 12.2 Å². The third-order valence-corrected chi connectivity index (χ3v) is 4.00. The first-order valence-electron chi connectivity index (χ1n) is 6.79. The molecule has 2 atom stereocenters. The van der Waals surface area contributed by atoms with Gasteiger partial charge in [-0.3, -0.25) is 0 Å². The van der Waals surface area contributed by atoms with Crippen molar-refractivity contribution >= 4 is 0 Å². The SMILES string of the molecule is C[C@@H](NCC1CCOCO1)C1CCCCC1. The fraction of sp³-hybridized carbons (Fsp3) is 1.00. The summed E-state index contributed by atoms with van der Waals surface area (Å²) in [6.45, 7) is 4.64. The molecule has 3 heteroatoms. The van der Waals surface area contributed by atoms with Gasteiger partial charge >= 0.3 is 0 Å². The van der Waals surface area contributed by atoms with Gasteiger partial charge < -0.3 is 14.8 Å². The molecule has 16 heavy (non-hydrogen) atoms. The fourth-order valence-electron chi connectivity index (χ4n) is 2.78. The second-order valence-electron chi connectivity index (χ2n) is 5.20. The van der Waals surface area contributed by atoms with Crippen LogP contribution in [0.25, 0.3) is 0 Å². The number of nitrogens with one attached hydrogen (secondary N) is 1. The third kappa shape index (κ3) is 3.72. The lowest BCUT2D eigenvalue weighted by Gasteiger charge is -2.30. The van der Waals surface area contributed by atoms with E-state index in [1.807, 2.05) is 0 Å². The third-order valence-electron chi connectivity index (χ3n) is 4.00. The Labute approximate surface area is 98.9 Å². The maximum Gasteiger partial charge on any atom is 0.147 e. The van der Waals surface area contributed by atoms with Gasteiger partial charge in [-0.1, -0.05) is 19.3 Å². The zero-order valence-electron chi connectivity index (χ0n) is 10.4. The normalized spacial score (nSPS) is 30.2. The van der Waals surface area contributed by atoms with Gasteiger partial charge in [0.2, 0.25) is 0 Å². The molecular formula is C13H25NO2. The van der Waals surface area contributed by atoms with Gasteiger partial charge in [0, 0.05) is 12.6 Å². The summed E-state index contributed by atoms with van der Waals surface area (Å²) < 4.78 is 10.7. The van der Waals surface area contributed by atoms with Gasteiger partial charge in [0.25, 0.3) is 0 Å². The average molecular weight is 227 g/mol. The van der Waals surface area contributed by atoms with Crippen LogP contribution in [0.5, 0.6) is 0 Å². The van der Waals surface area contributed by atoms with E-state index in [1.54, 1.807) is 0 Å². The summed E-state index contributed by atoms with van der Waals surface area (Å²) in [6.07, 6.45) is 8.48. The second-order valence-corrected chi connectivity index (χ2v) is 5.20. The van der Waals surface area contributed by atoms with Crippen LogP contribution in [0.1, 0.15) is 45.4 Å². The quantitative estimate of drug-likeness (QED) is 0.799. The Morgan fingerprint density at radius 1 is 1.19 bits per heavy atom. The van der Waals surface area contributed by atoms with Crippen LogP contribution in [-0.4, -0.2) is 32.1 Å². The summed E-state index contributed by atoms with van der Waals surface area (Å²) in [4.78, 5) is 0. The molecule has 1 heterocycles. The topological polar surface area (TPSA) is 30.5 Å². The molecule has 1 aliphatic carbocycles. The molecule has 0 aromatic carbocycles. The maximum absolute atomic E-state index is 5.53. The van der Waals surface area contributed by atoms with Crippen LogP contribution in [0.15, 0.2) is 0 Å². The summed E-state index contributed by atoms with van der Waals surface area (Å²) in [5.74, 6) is 0.883. The summed E-state index contributed by atoms with van der Waals surface area (Å²) in [5.41, 5.74) is 0. The molecule has 0 bridgehead atoms. The molecule has 1 saturated carbocycles. The van der Waals surface area contributed by atoms with Crippen molar-refractivity contribution < 1.29 is 9.47 Å². The summed E-state index contributed by atoms with van der Waals surface area (Å²) in [6, 6.07) is 0.645. The van der Waals surface area contributed by atoms with Crippen LogP contribution in [0.4, 0.5) is 0 Å². The van der Waals surface area contributed by atoms with E-state index >= 15 is 0 Å². The van der Waals surface area contributed by atoms with Gasteiger partial charge in [0.15, 0.2) is 0 Å². The van der Waals surface area contributed by atoms with Gasteiger partial charge in [-0.2, -0.15) is 0 Å². The largest absolute Gasteiger partial charge is 0.355 e. The molecule has 0 radical (unpaired) electrons. The molecule has 2 rings (SSSR count). The first kappa shape index (κ1) is 12.3. The molecule has 1 saturated heterocycles. The monoisotopic (exact) mass is 227 g/mol. The van der Waals surface area contributed by atoms with E-state index in [9.17, 15) is 0 Å². The minimum absolute atomic E-state index is 0.361. The van der Waals surface area contributed by atoms with E-state index in [-0.39, 0.29) is 0 Å². The Morgan fingerprint density at radius 3 is 2.69 bits per heavy atom. The van der Waals surface area contributed by atoms with E-state index < -0.39 is 0 Å². The summed E-state index contributed by atoms with van der Waals surface area (Å²) in [7, 11) is 0. The van der Waals surface area contributed by atoms with E-state index in [1.165, 1.54) is 32.1 Å². The lowest BCUT2D eigenvalue weighted by molar-refractivity contribution is -0.137. The van der Waals surface area contributed by atoms with Gasteiger partial charge in [-0.25, -0.2) is 0 Å². The van der Waals surface area contributed by atoms with Crippen LogP contribution in [0.3, 0.4) is 0 Å². The van der Waals surface area contributed by atoms with Crippen LogP contribution < -0.4 is 5.32 Å². The standard InChI is InChI=1S/C13H25NO2/c1-11(12-5-3-2-4-6-12)14-9-13-7-8-15-10-16-13/h11-14H,2-10H2,1H3/t11-,13?/m1/s1. The van der Waals surface area contributed by atoms with Crippen LogP contribution in [0.2, 0.25) is 0 Å². The van der Waals surface area contributed by atoms with Crippen molar-refractivity contribution in [1.29, 1.82) is 0 Å². The Balaban J connectivity index is 1.63. The van der Waals surface area contributed by atoms with Crippen molar-refractivity contribution in [2.75, 3.05) is 19.9 Å². The maximum atomic E-state index is 5.53. The molecule has 0 aromatic rings. The highest BCUT2D eigenvalue weighted by atomic mass is 16.7. The highest BCUT2D eigenvalue weighted by Gasteiger charge is 2.21. The Hall–Kier alpha value is -0.120. The Morgan fingerprint density at radius 2 is 2.00 bits per heavy atom. The van der Waals surface area contributed by atoms with Crippen LogP contribution in [0, 0.1) is 5.92 Å². The molecule has 0 aromatic heterocycles. The highest BCUT2D eigenvalue weighted by Crippen LogP contribution is 2.26. The summed E-state index contributed by atoms with van der Waals surface area (Å²) >= 11 is 0. The van der Waals surface area contributed by atoms with E-state index in [4.69, 9.17) is 9.47 Å². The van der Waals surface area contributed by atoms with Crippen molar-refractivity contribution in [2.45, 2.75) is 57.6 Å². The molecule has 0 amide bonds. The zero-order valence-corrected chi connectivity index (χ0v) is 10.4. The number of ether oxygens (including phenoxy) is 2. The second kappa shape index (κ2) is 6.58. The Bertz CT molecular complexity index is 186. The molecule has 2 fully saturated rings. The number of rotatable bonds is 4. The van der Waals surface area contributed by atoms with Crippen LogP contribution in [-0.2, 0) is 9.47 Å². The van der Waals surface area contributed by atoms with E-state index in [0.717, 1.165) is 25.5 Å². The zero-order chi connectivity index (χ0) is 11.2. The Kier molecular flexibility index (Phi) is 5.07. The first-order chi connectivity index (χ1) is 7.86. The molecule has 2 aliphatic rings. The van der Waals surface area contributed by atoms with Crippen LogP contribution >= 0.6 is 0 Å². The number of hydrogen-bond donors (Lipinski definition) is 1. The van der Waals surface area contributed by atoms with Gasteiger partial charge in [-0.15, -0.1) is 0 Å². The van der Waals surface area contributed by atoms with Gasteiger partial charge in [0.1, 0.15) is 6.79 Å². The molecule has 0 spiro atoms. The number of hydrogen-bond acceptors (Lipinski definition) is 3. The lowest BCUT2D eigenvalue weighted by Crippen LogP contribution is -2.41. The van der Waals surface area contributed by atoms with Crippen molar-refractivity contribution in [3.05, 3.63) is 0 Å². The fourth-order valence-corrected chi connectivity index (χ4v) is 2.78. The van der Waals surface area contributed by atoms with Gasteiger partial charge in [-0.05, 0) is 32.1 Å². The molecule has 1 unspecified atom stereocenters. The molecule has 3 nitrogen and oxygen atoms in total. The van der Waals surface area contributed by atoms with E-state index in [0.29, 0.717) is 18.9 Å². The van der Waals surface area contributed by atoms with Crippen molar-refractivity contribution in [1.82, 2.24) is 5.32 Å². The minimum atomic E-state index is 0.361. The molecular weight excluding hydrogens is 202 g/mol. The highest BCUT2D eigenvalue weighted by molar-refractivity contribution is 4.77. The molecule has 94 valence electrons. The van der Waals surface area contributed by atoms with Crippen molar-refractivity contribution in [3.8, 4) is 0 Å². The van der Waals surface area contributed by atoms with Crippen molar-refractivity contribution in [3.63, 3.8) is 0 Å².